The lowest BCUT2D eigenvalue weighted by atomic mass is 10.2. The number of benzene rings is 1. The monoisotopic (exact) mass is 352 g/mol. The average molecular weight is 352 g/mol. The fourth-order valence-electron chi connectivity index (χ4n) is 2.37. The molecule has 0 saturated heterocycles. The van der Waals surface area contributed by atoms with Gasteiger partial charge < -0.3 is 14.8 Å². The zero-order valence-corrected chi connectivity index (χ0v) is 14.7. The van der Waals surface area contributed by atoms with Gasteiger partial charge in [0, 0.05) is 31.2 Å². The largest absolute Gasteiger partial charge is 0.490 e. The summed E-state index contributed by atoms with van der Waals surface area (Å²) in [4.78, 5) is 16.4. The van der Waals surface area contributed by atoms with Crippen LogP contribution >= 0.6 is 0 Å². The zero-order chi connectivity index (χ0) is 18.4. The number of hydrogen-bond donors (Lipinski definition) is 1. The topological polar surface area (TPSA) is 78.3 Å². The van der Waals surface area contributed by atoms with Gasteiger partial charge in [-0.1, -0.05) is 0 Å². The number of nitrogens with zero attached hydrogens (tertiary/aromatic N) is 3. The molecule has 0 unspecified atom stereocenters. The third kappa shape index (κ3) is 4.38. The number of amides is 1. The van der Waals surface area contributed by atoms with Crippen LogP contribution in [0, 0.1) is 0 Å². The molecule has 1 N–H and O–H groups in total. The van der Waals surface area contributed by atoms with Gasteiger partial charge in [0.1, 0.15) is 6.61 Å². The lowest BCUT2D eigenvalue weighted by Gasteiger charge is -2.13. The van der Waals surface area contributed by atoms with Gasteiger partial charge in [-0.3, -0.25) is 14.5 Å². The van der Waals surface area contributed by atoms with E-state index in [-0.39, 0.29) is 5.91 Å². The number of nitrogens with one attached hydrogen (secondary N) is 1. The van der Waals surface area contributed by atoms with Gasteiger partial charge in [0.2, 0.25) is 0 Å². The lowest BCUT2D eigenvalue weighted by Crippen LogP contribution is -2.12. The molecule has 0 aliphatic heterocycles. The van der Waals surface area contributed by atoms with Crippen LogP contribution in [0.1, 0.15) is 22.8 Å². The van der Waals surface area contributed by atoms with Crippen molar-refractivity contribution in [2.75, 3.05) is 11.9 Å². The van der Waals surface area contributed by atoms with Gasteiger partial charge in [0.05, 0.1) is 18.5 Å². The van der Waals surface area contributed by atoms with Gasteiger partial charge in [-0.2, -0.15) is 5.10 Å². The summed E-state index contributed by atoms with van der Waals surface area (Å²) >= 11 is 0. The van der Waals surface area contributed by atoms with Crippen molar-refractivity contribution in [3.63, 3.8) is 0 Å². The summed E-state index contributed by atoms with van der Waals surface area (Å²) in [6.07, 6.45) is 6.75. The Morgan fingerprint density at radius 1 is 1.15 bits per heavy atom. The summed E-state index contributed by atoms with van der Waals surface area (Å²) in [6.45, 7) is 2.75. The highest BCUT2D eigenvalue weighted by Crippen LogP contribution is 2.29. The van der Waals surface area contributed by atoms with E-state index in [0.29, 0.717) is 36.0 Å². The molecule has 0 bridgehead atoms. The highest BCUT2D eigenvalue weighted by molar-refractivity contribution is 6.04. The fraction of sp³-hybridized carbons (Fsp3) is 0.211. The summed E-state index contributed by atoms with van der Waals surface area (Å²) in [5, 5.41) is 6.83. The van der Waals surface area contributed by atoms with E-state index in [1.165, 1.54) is 0 Å². The summed E-state index contributed by atoms with van der Waals surface area (Å²) < 4.78 is 13.1. The maximum atomic E-state index is 12.4. The molecule has 0 aliphatic carbocycles. The molecule has 26 heavy (non-hydrogen) atoms. The first-order chi connectivity index (χ1) is 12.7. The van der Waals surface area contributed by atoms with E-state index in [4.69, 9.17) is 9.47 Å². The Balaban J connectivity index is 1.74. The van der Waals surface area contributed by atoms with Crippen LogP contribution in [0.3, 0.4) is 0 Å². The first kappa shape index (κ1) is 17.5. The Bertz CT molecular complexity index is 878. The third-order valence-electron chi connectivity index (χ3n) is 3.61. The molecule has 0 atom stereocenters. The minimum absolute atomic E-state index is 0.236. The van der Waals surface area contributed by atoms with Crippen molar-refractivity contribution >= 4 is 11.6 Å². The standard InChI is InChI=1S/C19H20N4O3/c1-3-25-18-10-15(19(24)22-16-11-21-23(2)12-16)4-5-17(18)26-13-14-6-8-20-9-7-14/h4-12H,3,13H2,1-2H3,(H,22,24). The minimum Gasteiger partial charge on any atom is -0.490 e. The molecule has 2 heterocycles. The first-order valence-electron chi connectivity index (χ1n) is 8.24. The number of aryl methyl sites for hydroxylation is 1. The highest BCUT2D eigenvalue weighted by Gasteiger charge is 2.13. The maximum Gasteiger partial charge on any atom is 0.255 e. The van der Waals surface area contributed by atoms with Gasteiger partial charge in [-0.25, -0.2) is 0 Å². The molecule has 134 valence electrons. The fourth-order valence-corrected chi connectivity index (χ4v) is 2.37. The van der Waals surface area contributed by atoms with Crippen LogP contribution in [-0.2, 0) is 13.7 Å². The number of pyridine rings is 1. The summed E-state index contributed by atoms with van der Waals surface area (Å²) in [5.74, 6) is 0.876. The molecule has 3 aromatic rings. The number of aromatic nitrogens is 3. The highest BCUT2D eigenvalue weighted by atomic mass is 16.5. The summed E-state index contributed by atoms with van der Waals surface area (Å²) in [6, 6.07) is 8.89. The number of carbonyl (C=O) groups excluding carboxylic acids is 1. The summed E-state index contributed by atoms with van der Waals surface area (Å²) in [7, 11) is 1.79. The molecule has 1 amide bonds. The molecule has 2 aromatic heterocycles. The van der Waals surface area contributed by atoms with Crippen molar-refractivity contribution in [3.8, 4) is 11.5 Å². The van der Waals surface area contributed by atoms with Gasteiger partial charge >= 0.3 is 0 Å². The van der Waals surface area contributed by atoms with E-state index in [1.54, 1.807) is 54.7 Å². The predicted molar refractivity (Wildman–Crippen MR) is 97.3 cm³/mol. The third-order valence-corrected chi connectivity index (χ3v) is 3.61. The van der Waals surface area contributed by atoms with E-state index in [0.717, 1.165) is 5.56 Å². The van der Waals surface area contributed by atoms with Gasteiger partial charge in [-0.15, -0.1) is 0 Å². The number of ether oxygens (including phenoxy) is 2. The normalized spacial score (nSPS) is 10.4. The minimum atomic E-state index is -0.236. The number of rotatable bonds is 7. The van der Waals surface area contributed by atoms with E-state index in [9.17, 15) is 4.79 Å². The van der Waals surface area contributed by atoms with Crippen molar-refractivity contribution in [2.24, 2.45) is 7.05 Å². The van der Waals surface area contributed by atoms with Crippen LogP contribution in [0.5, 0.6) is 11.5 Å². The van der Waals surface area contributed by atoms with Crippen molar-refractivity contribution in [1.29, 1.82) is 0 Å². The molecule has 0 aliphatic rings. The van der Waals surface area contributed by atoms with Crippen LogP contribution in [0.15, 0.2) is 55.1 Å². The van der Waals surface area contributed by atoms with Crippen LogP contribution in [-0.4, -0.2) is 27.3 Å². The molecule has 1 aromatic carbocycles. The second-order valence-electron chi connectivity index (χ2n) is 5.60. The van der Waals surface area contributed by atoms with Crippen LogP contribution < -0.4 is 14.8 Å². The maximum absolute atomic E-state index is 12.4. The molecular formula is C19H20N4O3. The van der Waals surface area contributed by atoms with Gasteiger partial charge in [0.25, 0.3) is 5.91 Å². The van der Waals surface area contributed by atoms with E-state index in [2.05, 4.69) is 15.4 Å². The SMILES string of the molecule is CCOc1cc(C(=O)Nc2cnn(C)c2)ccc1OCc1ccncc1. The van der Waals surface area contributed by atoms with Gasteiger partial charge in [-0.05, 0) is 42.8 Å². The van der Waals surface area contributed by atoms with Crippen LogP contribution in [0.2, 0.25) is 0 Å². The molecule has 0 radical (unpaired) electrons. The van der Waals surface area contributed by atoms with Crippen molar-refractivity contribution in [1.82, 2.24) is 14.8 Å². The first-order valence-corrected chi connectivity index (χ1v) is 8.24. The molecule has 7 heteroatoms. The molecule has 0 saturated carbocycles. The van der Waals surface area contributed by atoms with E-state index >= 15 is 0 Å². The second-order valence-corrected chi connectivity index (χ2v) is 5.60. The Morgan fingerprint density at radius 2 is 1.96 bits per heavy atom. The zero-order valence-electron chi connectivity index (χ0n) is 14.7. The van der Waals surface area contributed by atoms with Crippen LogP contribution in [0.4, 0.5) is 5.69 Å². The van der Waals surface area contributed by atoms with E-state index in [1.807, 2.05) is 19.1 Å². The number of carbonyl (C=O) groups is 1. The van der Waals surface area contributed by atoms with Crippen molar-refractivity contribution in [2.45, 2.75) is 13.5 Å². The smallest absolute Gasteiger partial charge is 0.255 e. The van der Waals surface area contributed by atoms with E-state index < -0.39 is 0 Å². The summed E-state index contributed by atoms with van der Waals surface area (Å²) in [5.41, 5.74) is 2.11. The molecule has 0 fully saturated rings. The Labute approximate surface area is 151 Å². The van der Waals surface area contributed by atoms with Crippen LogP contribution in [0.25, 0.3) is 0 Å². The van der Waals surface area contributed by atoms with Crippen molar-refractivity contribution in [3.05, 3.63) is 66.2 Å². The Hall–Kier alpha value is -3.35. The van der Waals surface area contributed by atoms with Gasteiger partial charge in [0.15, 0.2) is 11.5 Å². The number of hydrogen-bond acceptors (Lipinski definition) is 5. The molecule has 7 nitrogen and oxygen atoms in total. The quantitative estimate of drug-likeness (QED) is 0.707. The average Bonchev–Trinajstić information content (AvgIpc) is 3.06. The Morgan fingerprint density at radius 3 is 2.65 bits per heavy atom. The Kier molecular flexibility index (Phi) is 5.48. The lowest BCUT2D eigenvalue weighted by molar-refractivity contribution is 0.102. The molecular weight excluding hydrogens is 332 g/mol. The second kappa shape index (κ2) is 8.15. The van der Waals surface area contributed by atoms with Crippen molar-refractivity contribution < 1.29 is 14.3 Å². The molecule has 3 rings (SSSR count). The predicted octanol–water partition coefficient (Wildman–Crippen LogP) is 3.05. The molecule has 0 spiro atoms. The number of anilines is 1.